The summed E-state index contributed by atoms with van der Waals surface area (Å²) in [6.07, 6.45) is 2.70. The first-order valence-electron chi connectivity index (χ1n) is 3.74. The van der Waals surface area contributed by atoms with E-state index in [-0.39, 0.29) is 0 Å². The maximum Gasteiger partial charge on any atom is 0.101 e. The molecule has 0 heterocycles. The number of methoxy groups -OCH3 is 1. The lowest BCUT2D eigenvalue weighted by Crippen LogP contribution is -2.04. The van der Waals surface area contributed by atoms with E-state index in [1.54, 1.807) is 13.4 Å². The predicted molar refractivity (Wildman–Crippen MR) is 45.8 cm³/mol. The van der Waals surface area contributed by atoms with Gasteiger partial charge in [-0.3, -0.25) is 0 Å². The van der Waals surface area contributed by atoms with Gasteiger partial charge in [0.15, 0.2) is 0 Å². The predicted octanol–water partition coefficient (Wildman–Crippen LogP) is 2.13. The van der Waals surface area contributed by atoms with Gasteiger partial charge in [-0.25, -0.2) is 0 Å². The molecule has 0 rings (SSSR count). The van der Waals surface area contributed by atoms with Crippen LogP contribution < -0.4 is 5.32 Å². The van der Waals surface area contributed by atoms with E-state index in [0.29, 0.717) is 0 Å². The van der Waals surface area contributed by atoms with E-state index in [9.17, 15) is 0 Å². The molecule has 0 unspecified atom stereocenters. The van der Waals surface area contributed by atoms with E-state index >= 15 is 0 Å². The highest BCUT2D eigenvalue weighted by Crippen LogP contribution is 1.91. The van der Waals surface area contributed by atoms with Gasteiger partial charge in [-0.05, 0) is 6.42 Å². The highest BCUT2D eigenvalue weighted by molar-refractivity contribution is 4.91. The standard InChI is InChI=1S/C6H13NO.C2H6/c1-4-6(7-2)5-8-3;1-2/h5,7H,4H2,1-3H3;1-2H3/b6-5-;. The zero-order valence-electron chi connectivity index (χ0n) is 7.69. The molecule has 0 amide bonds. The molecular weight excluding hydrogens is 126 g/mol. The average molecular weight is 145 g/mol. The minimum Gasteiger partial charge on any atom is -0.503 e. The Morgan fingerprint density at radius 1 is 1.50 bits per heavy atom. The Kier molecular flexibility index (Phi) is 13.5. The Labute approximate surface area is 64.3 Å². The lowest BCUT2D eigenvalue weighted by atomic mass is 10.4. The Bertz CT molecular complexity index is 73.3. The summed E-state index contributed by atoms with van der Waals surface area (Å²) in [5, 5.41) is 2.99. The third-order valence-corrected chi connectivity index (χ3v) is 0.962. The van der Waals surface area contributed by atoms with E-state index in [1.165, 1.54) is 0 Å². The molecule has 0 aliphatic rings. The van der Waals surface area contributed by atoms with Crippen LogP contribution in [0, 0.1) is 0 Å². The molecule has 10 heavy (non-hydrogen) atoms. The summed E-state index contributed by atoms with van der Waals surface area (Å²) < 4.78 is 4.76. The van der Waals surface area contributed by atoms with Gasteiger partial charge >= 0.3 is 0 Å². The van der Waals surface area contributed by atoms with Crippen LogP contribution in [0.1, 0.15) is 27.2 Å². The third kappa shape index (κ3) is 7.34. The number of allylic oxidation sites excluding steroid dienone is 1. The van der Waals surface area contributed by atoms with Crippen molar-refractivity contribution < 1.29 is 4.74 Å². The van der Waals surface area contributed by atoms with Gasteiger partial charge in [-0.1, -0.05) is 20.8 Å². The van der Waals surface area contributed by atoms with Crippen molar-refractivity contribution in [2.75, 3.05) is 14.2 Å². The molecule has 0 atom stereocenters. The molecule has 62 valence electrons. The van der Waals surface area contributed by atoms with Crippen molar-refractivity contribution >= 4 is 0 Å². The summed E-state index contributed by atoms with van der Waals surface area (Å²) in [7, 11) is 3.53. The molecule has 2 heteroatoms. The first kappa shape index (κ1) is 12.1. The minimum atomic E-state index is 0.990. The van der Waals surface area contributed by atoms with Crippen LogP contribution >= 0.6 is 0 Å². The fourth-order valence-corrected chi connectivity index (χ4v) is 0.461. The topological polar surface area (TPSA) is 21.3 Å². The second kappa shape index (κ2) is 11.2. The molecule has 0 aromatic rings. The summed E-state index contributed by atoms with van der Waals surface area (Å²) >= 11 is 0. The Hall–Kier alpha value is -0.660. The first-order chi connectivity index (χ1) is 4.85. The number of rotatable bonds is 3. The lowest BCUT2D eigenvalue weighted by molar-refractivity contribution is 0.330. The number of ether oxygens (including phenoxy) is 1. The molecule has 0 aliphatic heterocycles. The van der Waals surface area contributed by atoms with Gasteiger partial charge < -0.3 is 10.1 Å². The maximum absolute atomic E-state index is 4.76. The van der Waals surface area contributed by atoms with Crippen LogP contribution in [0.25, 0.3) is 0 Å². The summed E-state index contributed by atoms with van der Waals surface area (Å²) in [6.45, 7) is 6.07. The van der Waals surface area contributed by atoms with Crippen molar-refractivity contribution in [1.29, 1.82) is 0 Å². The molecule has 0 aromatic carbocycles. The summed E-state index contributed by atoms with van der Waals surface area (Å²) in [4.78, 5) is 0. The number of hydrogen-bond acceptors (Lipinski definition) is 2. The van der Waals surface area contributed by atoms with Crippen molar-refractivity contribution in [3.63, 3.8) is 0 Å². The molecule has 0 spiro atoms. The van der Waals surface area contributed by atoms with Gasteiger partial charge in [0.1, 0.15) is 6.26 Å². The number of nitrogens with one attached hydrogen (secondary N) is 1. The zero-order valence-corrected chi connectivity index (χ0v) is 7.69. The fourth-order valence-electron chi connectivity index (χ4n) is 0.461. The molecule has 0 saturated carbocycles. The van der Waals surface area contributed by atoms with Crippen LogP contribution in [-0.2, 0) is 4.74 Å². The van der Waals surface area contributed by atoms with E-state index in [1.807, 2.05) is 20.9 Å². The number of hydrogen-bond donors (Lipinski definition) is 1. The van der Waals surface area contributed by atoms with E-state index in [4.69, 9.17) is 4.74 Å². The molecule has 0 aliphatic carbocycles. The van der Waals surface area contributed by atoms with Gasteiger partial charge in [-0.15, -0.1) is 0 Å². The summed E-state index contributed by atoms with van der Waals surface area (Å²) in [5.74, 6) is 0. The van der Waals surface area contributed by atoms with E-state index in [0.717, 1.165) is 12.1 Å². The summed E-state index contributed by atoms with van der Waals surface area (Å²) in [6, 6.07) is 0. The third-order valence-electron chi connectivity index (χ3n) is 0.962. The van der Waals surface area contributed by atoms with Gasteiger partial charge in [0, 0.05) is 12.7 Å². The molecular formula is C8H19NO. The highest BCUT2D eigenvalue weighted by atomic mass is 16.5. The Morgan fingerprint density at radius 3 is 2.10 bits per heavy atom. The SMILES string of the molecule is CC.CC/C(=C/OC)NC. The molecule has 0 aromatic heterocycles. The lowest BCUT2D eigenvalue weighted by Gasteiger charge is -1.99. The Morgan fingerprint density at radius 2 is 2.00 bits per heavy atom. The first-order valence-corrected chi connectivity index (χ1v) is 3.74. The zero-order chi connectivity index (χ0) is 8.41. The monoisotopic (exact) mass is 145 g/mol. The van der Waals surface area contributed by atoms with Crippen LogP contribution in [0.5, 0.6) is 0 Å². The van der Waals surface area contributed by atoms with Gasteiger partial charge in [0.2, 0.25) is 0 Å². The van der Waals surface area contributed by atoms with Gasteiger partial charge in [0.05, 0.1) is 7.11 Å². The fraction of sp³-hybridized carbons (Fsp3) is 0.750. The molecule has 2 nitrogen and oxygen atoms in total. The Balaban J connectivity index is 0. The molecule has 0 bridgehead atoms. The van der Waals surface area contributed by atoms with Crippen molar-refractivity contribution in [3.8, 4) is 0 Å². The average Bonchev–Trinajstić information content (AvgIpc) is 2.04. The molecule has 0 radical (unpaired) electrons. The smallest absolute Gasteiger partial charge is 0.101 e. The van der Waals surface area contributed by atoms with Crippen molar-refractivity contribution in [3.05, 3.63) is 12.0 Å². The van der Waals surface area contributed by atoms with Gasteiger partial charge in [0.25, 0.3) is 0 Å². The van der Waals surface area contributed by atoms with Crippen LogP contribution in [0.4, 0.5) is 0 Å². The van der Waals surface area contributed by atoms with Crippen LogP contribution in [0.2, 0.25) is 0 Å². The van der Waals surface area contributed by atoms with E-state index < -0.39 is 0 Å². The van der Waals surface area contributed by atoms with Crippen LogP contribution in [0.3, 0.4) is 0 Å². The maximum atomic E-state index is 4.76. The summed E-state index contributed by atoms with van der Waals surface area (Å²) in [5.41, 5.74) is 1.12. The normalized spacial score (nSPS) is 9.50. The second-order valence-electron chi connectivity index (χ2n) is 1.48. The molecule has 0 saturated heterocycles. The van der Waals surface area contributed by atoms with Crippen LogP contribution in [0.15, 0.2) is 12.0 Å². The molecule has 1 N–H and O–H groups in total. The van der Waals surface area contributed by atoms with Crippen molar-refractivity contribution in [1.82, 2.24) is 5.32 Å². The minimum absolute atomic E-state index is 0.990. The second-order valence-corrected chi connectivity index (χ2v) is 1.48. The van der Waals surface area contributed by atoms with E-state index in [2.05, 4.69) is 12.2 Å². The van der Waals surface area contributed by atoms with Crippen LogP contribution in [-0.4, -0.2) is 14.2 Å². The highest BCUT2D eigenvalue weighted by Gasteiger charge is 1.84. The van der Waals surface area contributed by atoms with Crippen molar-refractivity contribution in [2.45, 2.75) is 27.2 Å². The van der Waals surface area contributed by atoms with Gasteiger partial charge in [-0.2, -0.15) is 0 Å². The molecule has 0 fully saturated rings. The quantitative estimate of drug-likeness (QED) is 0.614. The largest absolute Gasteiger partial charge is 0.503 e. The van der Waals surface area contributed by atoms with Crippen molar-refractivity contribution in [2.24, 2.45) is 0 Å².